The Morgan fingerprint density at radius 1 is 1.54 bits per heavy atom. The fraction of sp³-hybridized carbons (Fsp3) is 0.765. The molecule has 1 saturated carbocycles. The van der Waals surface area contributed by atoms with Crippen LogP contribution in [0.5, 0.6) is 0 Å². The van der Waals surface area contributed by atoms with Gasteiger partial charge in [0, 0.05) is 26.1 Å². The number of methoxy groups -OCH3 is 1. The van der Waals surface area contributed by atoms with Crippen molar-refractivity contribution in [1.82, 2.24) is 15.2 Å². The van der Waals surface area contributed by atoms with Crippen LogP contribution in [0.1, 0.15) is 56.3 Å². The van der Waals surface area contributed by atoms with Crippen LogP contribution in [-0.2, 0) is 11.3 Å². The van der Waals surface area contributed by atoms with E-state index in [2.05, 4.69) is 32.5 Å². The normalized spacial score (nSPS) is 18.6. The molecule has 2 N–H and O–H groups in total. The number of nitrogens with one attached hydrogen (secondary N) is 1. The van der Waals surface area contributed by atoms with Crippen molar-refractivity contribution in [3.8, 4) is 0 Å². The van der Waals surface area contributed by atoms with Crippen LogP contribution in [0.2, 0.25) is 0 Å². The molecule has 136 valence electrons. The Bertz CT molecular complexity index is 540. The molecule has 1 aliphatic rings. The van der Waals surface area contributed by atoms with E-state index in [1.54, 1.807) is 18.4 Å². The molecule has 0 bridgehead atoms. The lowest BCUT2D eigenvalue weighted by molar-refractivity contribution is 0.0572. The molecule has 1 atom stereocenters. The third-order valence-electron chi connectivity index (χ3n) is 4.42. The molecule has 2 rings (SSSR count). The molecular weight excluding hydrogens is 324 g/mol. The Morgan fingerprint density at radius 3 is 2.88 bits per heavy atom. The number of guanidine groups is 1. The molecule has 0 saturated heterocycles. The summed E-state index contributed by atoms with van der Waals surface area (Å²) in [6, 6.07) is 0. The van der Waals surface area contributed by atoms with Gasteiger partial charge < -0.3 is 20.1 Å². The summed E-state index contributed by atoms with van der Waals surface area (Å²) < 4.78 is 5.32. The van der Waals surface area contributed by atoms with E-state index in [1.807, 2.05) is 14.0 Å². The second kappa shape index (κ2) is 8.78. The van der Waals surface area contributed by atoms with E-state index in [1.165, 1.54) is 0 Å². The number of aliphatic imine (C=N–C) groups is 1. The molecule has 7 heteroatoms. The molecule has 1 aliphatic carbocycles. The number of hydrogen-bond acceptors (Lipinski definition) is 5. The molecule has 24 heavy (non-hydrogen) atoms. The molecule has 0 aliphatic heterocycles. The lowest BCUT2D eigenvalue weighted by atomic mass is 10.0. The minimum Gasteiger partial charge on any atom is -0.388 e. The van der Waals surface area contributed by atoms with E-state index in [9.17, 15) is 5.11 Å². The van der Waals surface area contributed by atoms with Crippen molar-refractivity contribution in [2.45, 2.75) is 57.8 Å². The van der Waals surface area contributed by atoms with Gasteiger partial charge in [0.2, 0.25) is 0 Å². The lowest BCUT2D eigenvalue weighted by Crippen LogP contribution is -2.40. The van der Waals surface area contributed by atoms with Gasteiger partial charge in [-0.15, -0.1) is 11.3 Å². The smallest absolute Gasteiger partial charge is 0.194 e. The van der Waals surface area contributed by atoms with Crippen molar-refractivity contribution in [3.05, 3.63) is 16.1 Å². The molecule has 1 aromatic heterocycles. The van der Waals surface area contributed by atoms with E-state index in [-0.39, 0.29) is 6.10 Å². The van der Waals surface area contributed by atoms with Crippen molar-refractivity contribution in [3.63, 3.8) is 0 Å². The minimum absolute atomic E-state index is 0.0209. The number of aromatic nitrogens is 1. The summed E-state index contributed by atoms with van der Waals surface area (Å²) in [5, 5.41) is 16.8. The summed E-state index contributed by atoms with van der Waals surface area (Å²) >= 11 is 1.62. The molecule has 0 amide bonds. The average molecular weight is 355 g/mol. The second-order valence-electron chi connectivity index (χ2n) is 6.51. The molecular formula is C17H30N4O2S. The van der Waals surface area contributed by atoms with Gasteiger partial charge in [-0.2, -0.15) is 0 Å². The number of aliphatic hydroxyl groups is 1. The standard InChI is InChI=1S/C17H30N4O2S/c1-5-18-16(19-12-17(22)8-6-7-9-17)21(3)10-14-11-24-15(20-14)13(2)23-4/h11,13,22H,5-10,12H2,1-4H3,(H,18,19). The number of ether oxygens (including phenoxy) is 1. The van der Waals surface area contributed by atoms with Crippen LogP contribution in [0.15, 0.2) is 10.4 Å². The zero-order valence-electron chi connectivity index (χ0n) is 15.2. The molecule has 0 radical (unpaired) electrons. The first kappa shape index (κ1) is 19.1. The van der Waals surface area contributed by atoms with E-state index in [0.29, 0.717) is 13.1 Å². The topological polar surface area (TPSA) is 70.0 Å². The maximum atomic E-state index is 10.5. The number of nitrogens with zero attached hydrogens (tertiary/aromatic N) is 3. The minimum atomic E-state index is -0.622. The van der Waals surface area contributed by atoms with Gasteiger partial charge in [0.1, 0.15) is 11.1 Å². The summed E-state index contributed by atoms with van der Waals surface area (Å²) in [6.45, 7) is 5.99. The fourth-order valence-electron chi connectivity index (χ4n) is 2.88. The maximum absolute atomic E-state index is 10.5. The third kappa shape index (κ3) is 5.16. The van der Waals surface area contributed by atoms with E-state index in [4.69, 9.17) is 4.74 Å². The van der Waals surface area contributed by atoms with E-state index < -0.39 is 5.60 Å². The van der Waals surface area contributed by atoms with Crippen LogP contribution in [0, 0.1) is 0 Å². The third-order valence-corrected chi connectivity index (χ3v) is 5.48. The van der Waals surface area contributed by atoms with Crippen LogP contribution in [-0.4, -0.2) is 53.8 Å². The van der Waals surface area contributed by atoms with E-state index in [0.717, 1.165) is 48.9 Å². The summed E-state index contributed by atoms with van der Waals surface area (Å²) in [5.74, 6) is 0.812. The van der Waals surface area contributed by atoms with Gasteiger partial charge in [-0.25, -0.2) is 4.98 Å². The van der Waals surface area contributed by atoms with Crippen LogP contribution >= 0.6 is 11.3 Å². The Kier molecular flexibility index (Phi) is 7.01. The average Bonchev–Trinajstić information content (AvgIpc) is 3.20. The molecule has 0 spiro atoms. The molecule has 1 fully saturated rings. The largest absolute Gasteiger partial charge is 0.388 e. The first-order valence-corrected chi connectivity index (χ1v) is 9.54. The van der Waals surface area contributed by atoms with Gasteiger partial charge in [0.15, 0.2) is 5.96 Å². The molecule has 0 aromatic carbocycles. The van der Waals surface area contributed by atoms with Crippen LogP contribution in [0.3, 0.4) is 0 Å². The van der Waals surface area contributed by atoms with Crippen LogP contribution < -0.4 is 5.32 Å². The Morgan fingerprint density at radius 2 is 2.25 bits per heavy atom. The first-order chi connectivity index (χ1) is 11.5. The highest BCUT2D eigenvalue weighted by Crippen LogP contribution is 2.29. The summed E-state index contributed by atoms with van der Waals surface area (Å²) in [5.41, 5.74) is 0.384. The van der Waals surface area contributed by atoms with Gasteiger partial charge in [0.05, 0.1) is 24.4 Å². The molecule has 6 nitrogen and oxygen atoms in total. The Hall–Kier alpha value is -1.18. The van der Waals surface area contributed by atoms with Crippen molar-refractivity contribution in [2.75, 3.05) is 27.2 Å². The summed E-state index contributed by atoms with van der Waals surface area (Å²) in [7, 11) is 3.69. The predicted molar refractivity (Wildman–Crippen MR) is 98.4 cm³/mol. The summed E-state index contributed by atoms with van der Waals surface area (Å²) in [4.78, 5) is 11.3. The zero-order valence-corrected chi connectivity index (χ0v) is 16.0. The highest BCUT2D eigenvalue weighted by molar-refractivity contribution is 7.09. The molecule has 1 heterocycles. The van der Waals surface area contributed by atoms with Gasteiger partial charge in [-0.1, -0.05) is 12.8 Å². The van der Waals surface area contributed by atoms with Gasteiger partial charge in [-0.05, 0) is 26.7 Å². The lowest BCUT2D eigenvalue weighted by Gasteiger charge is -2.24. The van der Waals surface area contributed by atoms with Crippen molar-refractivity contribution in [1.29, 1.82) is 0 Å². The van der Waals surface area contributed by atoms with Gasteiger partial charge >= 0.3 is 0 Å². The Labute approximate surface area is 149 Å². The van der Waals surface area contributed by atoms with Gasteiger partial charge in [-0.3, -0.25) is 4.99 Å². The fourth-order valence-corrected chi connectivity index (χ4v) is 3.73. The van der Waals surface area contributed by atoms with Crippen LogP contribution in [0.25, 0.3) is 0 Å². The molecule has 1 aromatic rings. The van der Waals surface area contributed by atoms with Crippen molar-refractivity contribution < 1.29 is 9.84 Å². The number of thiazole rings is 1. The highest BCUT2D eigenvalue weighted by atomic mass is 32.1. The van der Waals surface area contributed by atoms with Crippen molar-refractivity contribution >= 4 is 17.3 Å². The SMILES string of the molecule is CCNC(=NCC1(O)CCCC1)N(C)Cc1csc(C(C)OC)n1. The second-order valence-corrected chi connectivity index (χ2v) is 7.40. The monoisotopic (exact) mass is 354 g/mol. The van der Waals surface area contributed by atoms with E-state index >= 15 is 0 Å². The highest BCUT2D eigenvalue weighted by Gasteiger charge is 2.31. The number of rotatable bonds is 7. The summed E-state index contributed by atoms with van der Waals surface area (Å²) in [6.07, 6.45) is 3.91. The predicted octanol–water partition coefficient (Wildman–Crippen LogP) is 2.55. The number of hydrogen-bond donors (Lipinski definition) is 2. The van der Waals surface area contributed by atoms with Crippen molar-refractivity contribution in [2.24, 2.45) is 4.99 Å². The zero-order chi connectivity index (χ0) is 17.6. The van der Waals surface area contributed by atoms with Crippen LogP contribution in [0.4, 0.5) is 0 Å². The Balaban J connectivity index is 2.00. The first-order valence-electron chi connectivity index (χ1n) is 8.66. The quantitative estimate of drug-likeness (QED) is 0.582. The maximum Gasteiger partial charge on any atom is 0.194 e. The molecule has 1 unspecified atom stereocenters. The van der Waals surface area contributed by atoms with Gasteiger partial charge in [0.25, 0.3) is 0 Å².